The van der Waals surface area contributed by atoms with Gasteiger partial charge in [0.15, 0.2) is 0 Å². The molecule has 0 radical (unpaired) electrons. The van der Waals surface area contributed by atoms with Crippen molar-refractivity contribution in [2.75, 3.05) is 18.9 Å². The van der Waals surface area contributed by atoms with Gasteiger partial charge in [-0.25, -0.2) is 0 Å². The summed E-state index contributed by atoms with van der Waals surface area (Å²) in [5.74, 6) is 0. The van der Waals surface area contributed by atoms with Crippen molar-refractivity contribution in [1.29, 1.82) is 0 Å². The standard InChI is InChI=1S/C16H28N2/c1-12-8-9-13(15(2,3)4)10-14(12)18-11-16(5,6)17-7/h8-10,17-18H,11H2,1-7H3. The van der Waals surface area contributed by atoms with Crippen LogP contribution in [0.1, 0.15) is 45.7 Å². The third-order valence-corrected chi connectivity index (χ3v) is 3.50. The molecule has 0 aliphatic heterocycles. The molecule has 2 heteroatoms. The number of hydrogen-bond acceptors (Lipinski definition) is 2. The summed E-state index contributed by atoms with van der Waals surface area (Å²) in [6.45, 7) is 14.2. The first-order valence-corrected chi connectivity index (χ1v) is 6.70. The van der Waals surface area contributed by atoms with E-state index in [0.29, 0.717) is 0 Å². The molecule has 0 aromatic heterocycles. The van der Waals surface area contributed by atoms with E-state index >= 15 is 0 Å². The van der Waals surface area contributed by atoms with Crippen molar-refractivity contribution < 1.29 is 0 Å². The number of rotatable bonds is 4. The second-order valence-electron chi connectivity index (χ2n) is 6.77. The molecule has 102 valence electrons. The van der Waals surface area contributed by atoms with E-state index < -0.39 is 0 Å². The molecule has 0 bridgehead atoms. The van der Waals surface area contributed by atoms with Gasteiger partial charge in [0.1, 0.15) is 0 Å². The van der Waals surface area contributed by atoms with E-state index in [1.165, 1.54) is 16.8 Å². The fourth-order valence-corrected chi connectivity index (χ4v) is 1.68. The topological polar surface area (TPSA) is 24.1 Å². The number of likely N-dealkylation sites (N-methyl/N-ethyl adjacent to an activating group) is 1. The number of hydrogen-bond donors (Lipinski definition) is 2. The van der Waals surface area contributed by atoms with Gasteiger partial charge in [0.25, 0.3) is 0 Å². The van der Waals surface area contributed by atoms with Crippen LogP contribution in [0.2, 0.25) is 0 Å². The molecule has 0 saturated carbocycles. The fraction of sp³-hybridized carbons (Fsp3) is 0.625. The Morgan fingerprint density at radius 2 is 1.67 bits per heavy atom. The maximum absolute atomic E-state index is 3.55. The van der Waals surface area contributed by atoms with Crippen molar-refractivity contribution in [2.24, 2.45) is 0 Å². The van der Waals surface area contributed by atoms with Crippen LogP contribution in [0.4, 0.5) is 5.69 Å². The minimum absolute atomic E-state index is 0.101. The zero-order chi connectivity index (χ0) is 14.0. The van der Waals surface area contributed by atoms with Crippen LogP contribution in [-0.2, 0) is 5.41 Å². The summed E-state index contributed by atoms with van der Waals surface area (Å²) >= 11 is 0. The highest BCUT2D eigenvalue weighted by Crippen LogP contribution is 2.27. The van der Waals surface area contributed by atoms with E-state index in [1.54, 1.807) is 0 Å². The van der Waals surface area contributed by atoms with Gasteiger partial charge in [-0.1, -0.05) is 32.9 Å². The summed E-state index contributed by atoms with van der Waals surface area (Å²) in [5.41, 5.74) is 4.21. The van der Waals surface area contributed by atoms with Gasteiger partial charge >= 0.3 is 0 Å². The first-order valence-electron chi connectivity index (χ1n) is 6.70. The Hall–Kier alpha value is -1.02. The lowest BCUT2D eigenvalue weighted by Gasteiger charge is -2.26. The van der Waals surface area contributed by atoms with Crippen molar-refractivity contribution >= 4 is 5.69 Å². The zero-order valence-corrected chi connectivity index (χ0v) is 12.9. The van der Waals surface area contributed by atoms with Gasteiger partial charge in [0.05, 0.1) is 0 Å². The monoisotopic (exact) mass is 248 g/mol. The molecule has 2 N–H and O–H groups in total. The lowest BCUT2D eigenvalue weighted by atomic mass is 9.86. The fourth-order valence-electron chi connectivity index (χ4n) is 1.68. The highest BCUT2D eigenvalue weighted by molar-refractivity contribution is 5.54. The summed E-state index contributed by atoms with van der Waals surface area (Å²) in [6.07, 6.45) is 0. The van der Waals surface area contributed by atoms with Gasteiger partial charge in [-0.2, -0.15) is 0 Å². The Labute approximate surface area is 112 Å². The van der Waals surface area contributed by atoms with E-state index in [4.69, 9.17) is 0 Å². The van der Waals surface area contributed by atoms with Crippen LogP contribution < -0.4 is 10.6 Å². The Bertz CT molecular complexity index is 400. The molecule has 0 heterocycles. The Kier molecular flexibility index (Phi) is 4.44. The van der Waals surface area contributed by atoms with E-state index in [-0.39, 0.29) is 11.0 Å². The number of aryl methyl sites for hydroxylation is 1. The molecule has 0 aliphatic rings. The predicted octanol–water partition coefficient (Wildman–Crippen LogP) is 3.70. The second kappa shape index (κ2) is 5.31. The molecule has 1 aromatic rings. The quantitative estimate of drug-likeness (QED) is 0.849. The second-order valence-corrected chi connectivity index (χ2v) is 6.77. The molecule has 0 atom stereocenters. The van der Waals surface area contributed by atoms with Crippen molar-refractivity contribution in [3.8, 4) is 0 Å². The van der Waals surface area contributed by atoms with Crippen LogP contribution in [0.3, 0.4) is 0 Å². The Balaban J connectivity index is 2.89. The van der Waals surface area contributed by atoms with Crippen molar-refractivity contribution in [3.63, 3.8) is 0 Å². The molecule has 0 unspecified atom stereocenters. The third kappa shape index (κ3) is 4.02. The van der Waals surface area contributed by atoms with Crippen LogP contribution >= 0.6 is 0 Å². The third-order valence-electron chi connectivity index (χ3n) is 3.50. The zero-order valence-electron chi connectivity index (χ0n) is 12.9. The lowest BCUT2D eigenvalue weighted by Crippen LogP contribution is -2.42. The summed E-state index contributed by atoms with van der Waals surface area (Å²) in [4.78, 5) is 0. The number of benzene rings is 1. The van der Waals surface area contributed by atoms with Crippen LogP contribution in [0.25, 0.3) is 0 Å². The molecule has 0 amide bonds. The Morgan fingerprint density at radius 3 is 2.17 bits per heavy atom. The van der Waals surface area contributed by atoms with E-state index in [0.717, 1.165) is 6.54 Å². The van der Waals surface area contributed by atoms with Gasteiger partial charge < -0.3 is 10.6 Å². The largest absolute Gasteiger partial charge is 0.383 e. The molecule has 0 saturated heterocycles. The smallest absolute Gasteiger partial charge is 0.0373 e. The van der Waals surface area contributed by atoms with Crippen molar-refractivity contribution in [1.82, 2.24) is 5.32 Å². The molecule has 1 aromatic carbocycles. The van der Waals surface area contributed by atoms with Crippen LogP contribution in [0, 0.1) is 6.92 Å². The van der Waals surface area contributed by atoms with Gasteiger partial charge in [0.2, 0.25) is 0 Å². The predicted molar refractivity (Wildman–Crippen MR) is 81.5 cm³/mol. The van der Waals surface area contributed by atoms with Gasteiger partial charge in [0, 0.05) is 17.8 Å². The number of nitrogens with one attached hydrogen (secondary N) is 2. The Morgan fingerprint density at radius 1 is 1.06 bits per heavy atom. The minimum Gasteiger partial charge on any atom is -0.383 e. The van der Waals surface area contributed by atoms with Gasteiger partial charge in [-0.05, 0) is 50.4 Å². The summed E-state index contributed by atoms with van der Waals surface area (Å²) in [7, 11) is 2.00. The van der Waals surface area contributed by atoms with E-state index in [1.807, 2.05) is 7.05 Å². The molecule has 0 aliphatic carbocycles. The molecule has 1 rings (SSSR count). The maximum Gasteiger partial charge on any atom is 0.0373 e. The molecule has 18 heavy (non-hydrogen) atoms. The summed E-state index contributed by atoms with van der Waals surface area (Å²) < 4.78 is 0. The van der Waals surface area contributed by atoms with E-state index in [9.17, 15) is 0 Å². The average molecular weight is 248 g/mol. The summed E-state index contributed by atoms with van der Waals surface area (Å²) in [6, 6.07) is 6.71. The first kappa shape index (κ1) is 15.0. The van der Waals surface area contributed by atoms with Gasteiger partial charge in [-0.15, -0.1) is 0 Å². The molecule has 2 nitrogen and oxygen atoms in total. The van der Waals surface area contributed by atoms with Gasteiger partial charge in [-0.3, -0.25) is 0 Å². The number of anilines is 1. The minimum atomic E-state index is 0.101. The normalized spacial score (nSPS) is 12.6. The average Bonchev–Trinajstić information content (AvgIpc) is 2.26. The highest BCUT2D eigenvalue weighted by atomic mass is 15.0. The van der Waals surface area contributed by atoms with E-state index in [2.05, 4.69) is 70.4 Å². The molecule has 0 fully saturated rings. The molecule has 0 spiro atoms. The highest BCUT2D eigenvalue weighted by Gasteiger charge is 2.17. The van der Waals surface area contributed by atoms with Crippen LogP contribution in [0.5, 0.6) is 0 Å². The first-order chi connectivity index (χ1) is 8.15. The SMILES string of the molecule is CNC(C)(C)CNc1cc(C(C)(C)C)ccc1C. The van der Waals surface area contributed by atoms with Crippen LogP contribution in [0.15, 0.2) is 18.2 Å². The van der Waals surface area contributed by atoms with Crippen LogP contribution in [-0.4, -0.2) is 19.1 Å². The maximum atomic E-state index is 3.55. The summed E-state index contributed by atoms with van der Waals surface area (Å²) in [5, 5.41) is 6.87. The molecular formula is C16H28N2. The lowest BCUT2D eigenvalue weighted by molar-refractivity contribution is 0.448. The van der Waals surface area contributed by atoms with Crippen molar-refractivity contribution in [3.05, 3.63) is 29.3 Å². The molecular weight excluding hydrogens is 220 g/mol. The van der Waals surface area contributed by atoms with Crippen molar-refractivity contribution in [2.45, 2.75) is 52.5 Å².